The van der Waals surface area contributed by atoms with Crippen molar-refractivity contribution in [2.75, 3.05) is 7.11 Å². The van der Waals surface area contributed by atoms with E-state index in [4.69, 9.17) is 4.74 Å². The minimum absolute atomic E-state index is 0.0492. The molecule has 5 aliphatic rings. The number of ketones is 1. The number of fused-ring (bicyclic) bond motifs is 3. The molecule has 0 heterocycles. The third-order valence-electron chi connectivity index (χ3n) is 8.77. The normalized spacial score (nSPS) is 49.2. The van der Waals surface area contributed by atoms with Crippen molar-refractivity contribution in [3.05, 3.63) is 0 Å². The predicted molar refractivity (Wildman–Crippen MR) is 92.2 cm³/mol. The van der Waals surface area contributed by atoms with Crippen LogP contribution in [0, 0.1) is 39.9 Å². The molecule has 1 spiro atoms. The third kappa shape index (κ3) is 1.90. The maximum atomic E-state index is 13.1. The summed E-state index contributed by atoms with van der Waals surface area (Å²) >= 11 is 0. The largest absolute Gasteiger partial charge is 0.469 e. The highest BCUT2D eigenvalue weighted by molar-refractivity contribution is 5.90. The molecule has 5 saturated carbocycles. The van der Waals surface area contributed by atoms with E-state index in [1.807, 2.05) is 0 Å². The highest BCUT2D eigenvalue weighted by Crippen LogP contribution is 2.71. The van der Waals surface area contributed by atoms with Crippen LogP contribution in [-0.2, 0) is 14.3 Å². The molecule has 5 rings (SSSR count). The first-order valence-electron chi connectivity index (χ1n) is 9.87. The van der Waals surface area contributed by atoms with Gasteiger partial charge < -0.3 is 4.74 Å². The smallest absolute Gasteiger partial charge is 0.309 e. The van der Waals surface area contributed by atoms with E-state index < -0.39 is 0 Å². The number of hydrogen-bond donors (Lipinski definition) is 0. The van der Waals surface area contributed by atoms with Gasteiger partial charge in [0.1, 0.15) is 5.78 Å². The van der Waals surface area contributed by atoms with E-state index in [1.165, 1.54) is 26.4 Å². The van der Waals surface area contributed by atoms with Gasteiger partial charge in [0, 0.05) is 11.8 Å². The van der Waals surface area contributed by atoms with Crippen LogP contribution in [0.15, 0.2) is 0 Å². The third-order valence-corrected chi connectivity index (χ3v) is 8.77. The number of carbonyl (C=O) groups excluding carboxylic acids is 2. The Morgan fingerprint density at radius 2 is 1.79 bits per heavy atom. The van der Waals surface area contributed by atoms with E-state index >= 15 is 0 Å². The zero-order valence-electron chi connectivity index (χ0n) is 15.7. The lowest BCUT2D eigenvalue weighted by Crippen LogP contribution is -2.66. The van der Waals surface area contributed by atoms with Gasteiger partial charge in [-0.05, 0) is 67.1 Å². The van der Waals surface area contributed by atoms with Crippen LogP contribution in [0.1, 0.15) is 72.1 Å². The highest BCUT2D eigenvalue weighted by Gasteiger charge is 2.69. The van der Waals surface area contributed by atoms with Gasteiger partial charge in [-0.25, -0.2) is 0 Å². The Hall–Kier alpha value is -0.860. The summed E-state index contributed by atoms with van der Waals surface area (Å²) < 4.78 is 5.25. The topological polar surface area (TPSA) is 43.4 Å². The molecule has 5 aliphatic carbocycles. The van der Waals surface area contributed by atoms with Gasteiger partial charge in [-0.3, -0.25) is 9.59 Å². The second-order valence-electron chi connectivity index (χ2n) is 10.0. The predicted octanol–water partition coefficient (Wildman–Crippen LogP) is 4.39. The quantitative estimate of drug-likeness (QED) is 0.669. The van der Waals surface area contributed by atoms with E-state index in [-0.39, 0.29) is 34.6 Å². The van der Waals surface area contributed by atoms with Crippen LogP contribution in [0.5, 0.6) is 0 Å². The van der Waals surface area contributed by atoms with Gasteiger partial charge in [0.05, 0.1) is 13.0 Å². The fraction of sp³-hybridized carbons (Fsp3) is 0.905. The van der Waals surface area contributed by atoms with Crippen LogP contribution in [0.4, 0.5) is 0 Å². The van der Waals surface area contributed by atoms with Gasteiger partial charge in [-0.2, -0.15) is 0 Å². The zero-order chi connectivity index (χ0) is 17.3. The second-order valence-corrected chi connectivity index (χ2v) is 10.0. The van der Waals surface area contributed by atoms with Crippen molar-refractivity contribution >= 4 is 11.8 Å². The summed E-state index contributed by atoms with van der Waals surface area (Å²) in [7, 11) is 1.52. The lowest BCUT2D eigenvalue weighted by atomic mass is 9.35. The van der Waals surface area contributed by atoms with Crippen molar-refractivity contribution in [3.63, 3.8) is 0 Å². The van der Waals surface area contributed by atoms with Crippen LogP contribution < -0.4 is 0 Å². The van der Waals surface area contributed by atoms with Crippen molar-refractivity contribution in [2.24, 2.45) is 39.9 Å². The molecule has 6 atom stereocenters. The summed E-state index contributed by atoms with van der Waals surface area (Å²) in [6.45, 7) is 7.22. The minimum atomic E-state index is -0.230. The molecular weight excluding hydrogens is 300 g/mol. The molecule has 0 N–H and O–H groups in total. The Labute approximate surface area is 145 Å². The number of rotatable bonds is 1. The van der Waals surface area contributed by atoms with Crippen LogP contribution in [-0.4, -0.2) is 18.9 Å². The first kappa shape index (κ1) is 16.6. The first-order chi connectivity index (χ1) is 11.3. The van der Waals surface area contributed by atoms with E-state index in [9.17, 15) is 9.59 Å². The summed E-state index contributed by atoms with van der Waals surface area (Å²) in [5, 5.41) is 0. The van der Waals surface area contributed by atoms with Gasteiger partial charge in [-0.1, -0.05) is 27.2 Å². The summed E-state index contributed by atoms with van der Waals surface area (Å²) in [6, 6.07) is 0. The molecule has 3 nitrogen and oxygen atoms in total. The second kappa shape index (κ2) is 5.08. The van der Waals surface area contributed by atoms with E-state index in [2.05, 4.69) is 20.8 Å². The average molecular weight is 332 g/mol. The van der Waals surface area contributed by atoms with E-state index in [1.54, 1.807) is 0 Å². The summed E-state index contributed by atoms with van der Waals surface area (Å²) in [5.74, 6) is 1.41. The van der Waals surface area contributed by atoms with Gasteiger partial charge in [0.2, 0.25) is 0 Å². The van der Waals surface area contributed by atoms with Crippen molar-refractivity contribution < 1.29 is 14.3 Å². The molecular formula is C21H32O3. The van der Waals surface area contributed by atoms with Gasteiger partial charge in [0.25, 0.3) is 0 Å². The summed E-state index contributed by atoms with van der Waals surface area (Å²) in [6.07, 6.45) is 8.47. The number of hydrogen-bond acceptors (Lipinski definition) is 3. The molecule has 0 aromatic rings. The number of Topliss-reactive ketones (excluding diaryl/α,β-unsaturated/α-hetero) is 1. The maximum absolute atomic E-state index is 13.1. The summed E-state index contributed by atoms with van der Waals surface area (Å²) in [5.41, 5.74) is 0.189. The molecule has 0 aromatic carbocycles. The van der Waals surface area contributed by atoms with Gasteiger partial charge in [0.15, 0.2) is 0 Å². The molecule has 0 aromatic heterocycles. The first-order valence-corrected chi connectivity index (χ1v) is 9.87. The van der Waals surface area contributed by atoms with Gasteiger partial charge >= 0.3 is 5.97 Å². The van der Waals surface area contributed by atoms with Crippen molar-refractivity contribution in [3.8, 4) is 0 Å². The van der Waals surface area contributed by atoms with Crippen LogP contribution in [0.25, 0.3) is 0 Å². The number of carbonyl (C=O) groups is 2. The zero-order valence-corrected chi connectivity index (χ0v) is 15.7. The molecule has 0 radical (unpaired) electrons. The minimum Gasteiger partial charge on any atom is -0.469 e. The highest BCUT2D eigenvalue weighted by atomic mass is 16.5. The SMILES string of the molecule is COC(=O)[C@@H]1[C@H]2CC[C@]3(CC[C@H]4C(C)(C)CCC[C@]4(C)[C@@H]13)C(=O)C2. The van der Waals surface area contributed by atoms with Crippen molar-refractivity contribution in [2.45, 2.75) is 72.1 Å². The van der Waals surface area contributed by atoms with E-state index in [0.29, 0.717) is 23.5 Å². The maximum Gasteiger partial charge on any atom is 0.309 e. The molecule has 3 heteroatoms. The monoisotopic (exact) mass is 332 g/mol. The molecule has 5 fully saturated rings. The number of ether oxygens (including phenoxy) is 1. The number of methoxy groups -OCH3 is 1. The fourth-order valence-electron chi connectivity index (χ4n) is 7.96. The Balaban J connectivity index is 1.85. The Morgan fingerprint density at radius 1 is 1.08 bits per heavy atom. The Kier molecular flexibility index (Phi) is 3.51. The molecule has 0 aliphatic heterocycles. The molecule has 24 heavy (non-hydrogen) atoms. The van der Waals surface area contributed by atoms with Crippen molar-refractivity contribution in [1.29, 1.82) is 0 Å². The average Bonchev–Trinajstić information content (AvgIpc) is 2.53. The van der Waals surface area contributed by atoms with Gasteiger partial charge in [-0.15, -0.1) is 0 Å². The van der Waals surface area contributed by atoms with Crippen LogP contribution in [0.3, 0.4) is 0 Å². The fourth-order valence-corrected chi connectivity index (χ4v) is 7.96. The van der Waals surface area contributed by atoms with E-state index in [0.717, 1.165) is 25.7 Å². The lowest BCUT2D eigenvalue weighted by Gasteiger charge is -2.68. The van der Waals surface area contributed by atoms with Crippen LogP contribution in [0.2, 0.25) is 0 Å². The molecule has 0 unspecified atom stereocenters. The molecule has 134 valence electrons. The molecule has 0 amide bonds. The standard InChI is InChI=1S/C21H32O3/c1-19(2)8-5-9-20(3)14(19)7-11-21-10-6-13(12-15(21)22)16(17(20)21)18(23)24-4/h13-14,16-17H,5-12H2,1-4H3/t13-,14-,16+,17+,20-,21-/m0/s1. The lowest BCUT2D eigenvalue weighted by molar-refractivity contribution is -0.212. The summed E-state index contributed by atoms with van der Waals surface area (Å²) in [4.78, 5) is 25.9. The molecule has 0 saturated heterocycles. The van der Waals surface area contributed by atoms with Crippen LogP contribution >= 0.6 is 0 Å². The Morgan fingerprint density at radius 3 is 2.46 bits per heavy atom. The molecule has 2 bridgehead atoms. The van der Waals surface area contributed by atoms with Crippen molar-refractivity contribution in [1.82, 2.24) is 0 Å². The number of esters is 1. The Bertz CT molecular complexity index is 580.